The predicted molar refractivity (Wildman–Crippen MR) is 66.7 cm³/mol. The van der Waals surface area contributed by atoms with Crippen molar-refractivity contribution in [3.8, 4) is 22.8 Å². The molecule has 0 amide bonds. The third-order valence-electron chi connectivity index (χ3n) is 2.97. The summed E-state index contributed by atoms with van der Waals surface area (Å²) in [5.41, 5.74) is 8.19. The lowest BCUT2D eigenvalue weighted by atomic mass is 10.0. The van der Waals surface area contributed by atoms with Crippen LogP contribution in [0.15, 0.2) is 22.7 Å². The second-order valence-corrected chi connectivity index (χ2v) is 4.23. The van der Waals surface area contributed by atoms with Crippen LogP contribution in [0.5, 0.6) is 11.5 Å². The maximum Gasteiger partial charge on any atom is 0.222 e. The van der Waals surface area contributed by atoms with Gasteiger partial charge < -0.3 is 19.7 Å². The molecule has 1 aliphatic heterocycles. The molecule has 3 rings (SSSR count). The number of ether oxygens (including phenoxy) is 2. The number of nitrogens with zero attached hydrogens (tertiary/aromatic N) is 1. The molecule has 1 aromatic heterocycles. The van der Waals surface area contributed by atoms with Gasteiger partial charge in [0.2, 0.25) is 5.88 Å². The van der Waals surface area contributed by atoms with Crippen molar-refractivity contribution in [3.63, 3.8) is 0 Å². The number of anilines is 1. The van der Waals surface area contributed by atoms with Gasteiger partial charge in [0.25, 0.3) is 0 Å². The fourth-order valence-corrected chi connectivity index (χ4v) is 2.07. The Kier molecular flexibility index (Phi) is 2.59. The van der Waals surface area contributed by atoms with Crippen LogP contribution in [-0.4, -0.2) is 18.4 Å². The molecule has 2 aromatic rings. The van der Waals surface area contributed by atoms with Gasteiger partial charge in [-0.15, -0.1) is 0 Å². The number of nitrogen functional groups attached to an aromatic ring is 1. The van der Waals surface area contributed by atoms with E-state index in [0.717, 1.165) is 29.0 Å². The molecule has 5 nitrogen and oxygen atoms in total. The predicted octanol–water partition coefficient (Wildman–Crippen LogP) is 2.39. The Morgan fingerprint density at radius 3 is 2.83 bits per heavy atom. The van der Waals surface area contributed by atoms with Gasteiger partial charge in [0.1, 0.15) is 5.69 Å². The second-order valence-electron chi connectivity index (χ2n) is 4.23. The maximum atomic E-state index is 5.73. The van der Waals surface area contributed by atoms with E-state index in [2.05, 4.69) is 5.16 Å². The molecule has 0 spiro atoms. The highest BCUT2D eigenvalue weighted by Crippen LogP contribution is 2.38. The summed E-state index contributed by atoms with van der Waals surface area (Å²) in [5, 5.41) is 3.92. The van der Waals surface area contributed by atoms with Crippen LogP contribution in [0.2, 0.25) is 0 Å². The van der Waals surface area contributed by atoms with Gasteiger partial charge in [-0.05, 0) is 19.1 Å². The first kappa shape index (κ1) is 11.0. The molecule has 0 atom stereocenters. The molecule has 0 saturated heterocycles. The van der Waals surface area contributed by atoms with E-state index in [9.17, 15) is 0 Å². The van der Waals surface area contributed by atoms with Gasteiger partial charge in [0.15, 0.2) is 11.5 Å². The van der Waals surface area contributed by atoms with Crippen LogP contribution in [0, 0.1) is 6.92 Å². The number of hydrogen-bond donors (Lipinski definition) is 1. The first-order valence-corrected chi connectivity index (χ1v) is 5.87. The molecule has 1 aliphatic rings. The third-order valence-corrected chi connectivity index (χ3v) is 2.97. The molecule has 2 N–H and O–H groups in total. The molecule has 5 heteroatoms. The Hall–Kier alpha value is -2.17. The van der Waals surface area contributed by atoms with E-state index in [1.165, 1.54) is 0 Å². The van der Waals surface area contributed by atoms with Crippen molar-refractivity contribution in [2.45, 2.75) is 13.3 Å². The van der Waals surface area contributed by atoms with Crippen LogP contribution in [0.25, 0.3) is 11.3 Å². The number of hydrogen-bond acceptors (Lipinski definition) is 5. The van der Waals surface area contributed by atoms with Gasteiger partial charge in [0.05, 0.1) is 13.2 Å². The average Bonchev–Trinajstić information content (AvgIpc) is 2.65. The molecule has 0 saturated carbocycles. The summed E-state index contributed by atoms with van der Waals surface area (Å²) < 4.78 is 16.3. The zero-order valence-electron chi connectivity index (χ0n) is 10.1. The van der Waals surface area contributed by atoms with Crippen molar-refractivity contribution in [3.05, 3.63) is 23.8 Å². The van der Waals surface area contributed by atoms with Gasteiger partial charge in [-0.25, -0.2) is 0 Å². The van der Waals surface area contributed by atoms with Crippen LogP contribution >= 0.6 is 0 Å². The monoisotopic (exact) mass is 246 g/mol. The second kappa shape index (κ2) is 4.25. The third kappa shape index (κ3) is 1.77. The summed E-state index contributed by atoms with van der Waals surface area (Å²) in [6.07, 6.45) is 0.889. The molecule has 2 heterocycles. The number of aromatic nitrogens is 1. The molecule has 94 valence electrons. The minimum atomic E-state index is 0.302. The van der Waals surface area contributed by atoms with Crippen molar-refractivity contribution in [2.24, 2.45) is 0 Å². The Morgan fingerprint density at radius 2 is 2.06 bits per heavy atom. The van der Waals surface area contributed by atoms with Gasteiger partial charge >= 0.3 is 0 Å². The zero-order valence-corrected chi connectivity index (χ0v) is 10.1. The molecule has 0 unspecified atom stereocenters. The highest BCUT2D eigenvalue weighted by Gasteiger charge is 2.17. The summed E-state index contributed by atoms with van der Waals surface area (Å²) in [6.45, 7) is 3.33. The molecular formula is C13H14N2O3. The molecule has 0 bridgehead atoms. The fourth-order valence-electron chi connectivity index (χ4n) is 2.07. The average molecular weight is 246 g/mol. The van der Waals surface area contributed by atoms with Crippen molar-refractivity contribution < 1.29 is 14.0 Å². The van der Waals surface area contributed by atoms with Crippen LogP contribution < -0.4 is 15.2 Å². The van der Waals surface area contributed by atoms with Gasteiger partial charge in [-0.2, -0.15) is 0 Å². The number of rotatable bonds is 1. The van der Waals surface area contributed by atoms with Crippen LogP contribution in [0.4, 0.5) is 5.88 Å². The summed E-state index contributed by atoms with van der Waals surface area (Å²) >= 11 is 0. The van der Waals surface area contributed by atoms with Crippen molar-refractivity contribution in [1.82, 2.24) is 5.16 Å². The van der Waals surface area contributed by atoms with E-state index in [-0.39, 0.29) is 0 Å². The van der Waals surface area contributed by atoms with Crippen molar-refractivity contribution in [1.29, 1.82) is 0 Å². The molecule has 0 fully saturated rings. The van der Waals surface area contributed by atoms with E-state index >= 15 is 0 Å². The normalized spacial score (nSPS) is 14.3. The summed E-state index contributed by atoms with van der Waals surface area (Å²) in [5.74, 6) is 1.87. The number of fused-ring (bicyclic) bond motifs is 1. The highest BCUT2D eigenvalue weighted by molar-refractivity contribution is 5.70. The molecule has 0 radical (unpaired) electrons. The first-order chi connectivity index (χ1) is 8.75. The first-order valence-electron chi connectivity index (χ1n) is 5.87. The smallest absolute Gasteiger partial charge is 0.222 e. The lowest BCUT2D eigenvalue weighted by molar-refractivity contribution is 0.296. The summed E-state index contributed by atoms with van der Waals surface area (Å²) in [7, 11) is 0. The highest BCUT2D eigenvalue weighted by atomic mass is 16.5. The van der Waals surface area contributed by atoms with Crippen LogP contribution in [0.1, 0.15) is 12.0 Å². The lowest BCUT2D eigenvalue weighted by Crippen LogP contribution is -1.98. The Labute approximate surface area is 104 Å². The number of nitrogens with two attached hydrogens (primary N) is 1. The van der Waals surface area contributed by atoms with Crippen molar-refractivity contribution >= 4 is 5.88 Å². The van der Waals surface area contributed by atoms with Gasteiger partial charge in [-0.3, -0.25) is 0 Å². The Balaban J connectivity index is 2.09. The Morgan fingerprint density at radius 1 is 1.22 bits per heavy atom. The van der Waals surface area contributed by atoms with E-state index in [4.69, 9.17) is 19.7 Å². The van der Waals surface area contributed by atoms with Crippen LogP contribution in [0.3, 0.4) is 0 Å². The summed E-state index contributed by atoms with van der Waals surface area (Å²) in [4.78, 5) is 0. The molecular weight excluding hydrogens is 232 g/mol. The van der Waals surface area contributed by atoms with E-state index in [0.29, 0.717) is 24.8 Å². The topological polar surface area (TPSA) is 70.5 Å². The Bertz CT molecular complexity index is 578. The number of benzene rings is 1. The lowest BCUT2D eigenvalue weighted by Gasteiger charge is -2.12. The minimum absolute atomic E-state index is 0.302. The molecule has 18 heavy (non-hydrogen) atoms. The minimum Gasteiger partial charge on any atom is -0.490 e. The largest absolute Gasteiger partial charge is 0.490 e. The van der Waals surface area contributed by atoms with Crippen molar-refractivity contribution in [2.75, 3.05) is 18.9 Å². The standard InChI is InChI=1S/C13H14N2O3/c1-8-9(10-7-12(14)18-15-10)3-4-11-13(8)17-6-2-5-16-11/h3-4,7H,2,5-6,14H2,1H3. The molecule has 0 aliphatic carbocycles. The van der Waals surface area contributed by atoms with E-state index in [1.54, 1.807) is 6.07 Å². The van der Waals surface area contributed by atoms with E-state index < -0.39 is 0 Å². The van der Waals surface area contributed by atoms with E-state index in [1.807, 2.05) is 19.1 Å². The SMILES string of the molecule is Cc1c(-c2cc(N)on2)ccc2c1OCCCO2. The van der Waals surface area contributed by atoms with Gasteiger partial charge in [0, 0.05) is 23.6 Å². The maximum absolute atomic E-state index is 5.73. The molecule has 1 aromatic carbocycles. The summed E-state index contributed by atoms with van der Waals surface area (Å²) in [6, 6.07) is 5.54. The fraction of sp³-hybridized carbons (Fsp3) is 0.308. The quantitative estimate of drug-likeness (QED) is 0.836. The van der Waals surface area contributed by atoms with Crippen LogP contribution in [-0.2, 0) is 0 Å². The zero-order chi connectivity index (χ0) is 12.5. The van der Waals surface area contributed by atoms with Gasteiger partial charge in [-0.1, -0.05) is 5.16 Å².